The maximum Gasteiger partial charge on any atom is 0.193 e. The minimum Gasteiger partial charge on any atom is -0.411 e. The van der Waals surface area contributed by atoms with E-state index >= 15 is 0 Å². The van der Waals surface area contributed by atoms with Gasteiger partial charge in [-0.1, -0.05) is 109 Å². The molecule has 3 aliphatic rings. The highest BCUT2D eigenvalue weighted by molar-refractivity contribution is 6.74. The molecule has 51 heavy (non-hydrogen) atoms. The van der Waals surface area contributed by atoms with Crippen molar-refractivity contribution in [2.75, 3.05) is 13.2 Å². The van der Waals surface area contributed by atoms with Crippen LogP contribution in [0.1, 0.15) is 100 Å². The normalized spacial score (nSPS) is 27.4. The van der Waals surface area contributed by atoms with Crippen LogP contribution in [0.4, 0.5) is 0 Å². The van der Waals surface area contributed by atoms with Gasteiger partial charge in [0.15, 0.2) is 16.6 Å². The summed E-state index contributed by atoms with van der Waals surface area (Å²) in [4.78, 5) is 0. The summed E-state index contributed by atoms with van der Waals surface area (Å²) in [6, 6.07) is 0. The summed E-state index contributed by atoms with van der Waals surface area (Å²) in [5.41, 5.74) is 2.50. The molecular formula is C42H74O7Si2. The zero-order valence-corrected chi connectivity index (χ0v) is 36.2. The summed E-state index contributed by atoms with van der Waals surface area (Å²) >= 11 is 0. The molecule has 9 heteroatoms. The van der Waals surface area contributed by atoms with Crippen LogP contribution in [-0.4, -0.2) is 88.9 Å². The zero-order chi connectivity index (χ0) is 38.2. The maximum atomic E-state index is 11.8. The van der Waals surface area contributed by atoms with Crippen molar-refractivity contribution in [3.8, 4) is 0 Å². The standard InChI is InChI=1S/C42H74O7Si2/c1-30-22-24-45-34(26-30)20-21-37(48-50(10,11)41(4,5)6)36(44)29-38-40(47-38)39(49-51(12,13)42(7,8)9)28-32(3)25-31(2)27-35-19-16-18-33(46-35)17-14-15-23-43/h14-16,18,20-22,31,33-40,43-44H,3,17,19,23-29H2,1-2,4-13H3/b15-14-,21-20+/t31-,33+,34+,35-,36+,37-,38-,39-,40+/m0/s1. The summed E-state index contributed by atoms with van der Waals surface area (Å²) in [7, 11) is -4.30. The molecule has 0 saturated carbocycles. The number of aliphatic hydroxyl groups is 2. The molecule has 0 radical (unpaired) electrons. The molecule has 0 aromatic heterocycles. The Bertz CT molecular complexity index is 1220. The molecule has 0 aromatic carbocycles. The Kier molecular flexibility index (Phi) is 16.4. The van der Waals surface area contributed by atoms with E-state index in [4.69, 9.17) is 28.2 Å². The zero-order valence-electron chi connectivity index (χ0n) is 34.2. The Morgan fingerprint density at radius 1 is 1.00 bits per heavy atom. The summed E-state index contributed by atoms with van der Waals surface area (Å²) in [5, 5.41) is 20.9. The molecule has 7 nitrogen and oxygen atoms in total. The van der Waals surface area contributed by atoms with Crippen molar-refractivity contribution < 1.29 is 33.3 Å². The van der Waals surface area contributed by atoms with Gasteiger partial charge in [-0.25, -0.2) is 0 Å². The molecule has 1 saturated heterocycles. The molecule has 0 aliphatic carbocycles. The van der Waals surface area contributed by atoms with Crippen molar-refractivity contribution in [1.29, 1.82) is 0 Å². The van der Waals surface area contributed by atoms with Gasteiger partial charge < -0.3 is 33.3 Å². The molecule has 9 atom stereocenters. The second-order valence-electron chi connectivity index (χ2n) is 18.6. The van der Waals surface area contributed by atoms with Crippen molar-refractivity contribution >= 4 is 16.6 Å². The van der Waals surface area contributed by atoms with E-state index in [2.05, 4.69) is 112 Å². The number of ether oxygens (including phenoxy) is 3. The number of epoxide rings is 1. The van der Waals surface area contributed by atoms with Gasteiger partial charge in [0.25, 0.3) is 0 Å². The summed E-state index contributed by atoms with van der Waals surface area (Å²) in [6.45, 7) is 32.3. The molecule has 0 aromatic rings. The van der Waals surface area contributed by atoms with Gasteiger partial charge in [0.2, 0.25) is 0 Å². The minimum absolute atomic E-state index is 0.00926. The summed E-state index contributed by atoms with van der Waals surface area (Å²) < 4.78 is 32.6. The van der Waals surface area contributed by atoms with Gasteiger partial charge in [-0.15, -0.1) is 0 Å². The molecule has 3 heterocycles. The minimum atomic E-state index is -2.18. The van der Waals surface area contributed by atoms with Crippen molar-refractivity contribution in [3.05, 3.63) is 60.3 Å². The van der Waals surface area contributed by atoms with E-state index in [0.717, 1.165) is 38.5 Å². The molecule has 0 bridgehead atoms. The molecule has 2 N–H and O–H groups in total. The molecule has 3 rings (SSSR count). The van der Waals surface area contributed by atoms with Crippen LogP contribution in [0.15, 0.2) is 60.3 Å². The van der Waals surface area contributed by atoms with E-state index in [1.54, 1.807) is 6.08 Å². The number of aliphatic hydroxyl groups excluding tert-OH is 2. The fourth-order valence-electron chi connectivity index (χ4n) is 6.43. The van der Waals surface area contributed by atoms with Gasteiger partial charge in [0, 0.05) is 6.42 Å². The lowest BCUT2D eigenvalue weighted by atomic mass is 9.91. The lowest BCUT2D eigenvalue weighted by Crippen LogP contribution is -2.47. The number of rotatable bonds is 19. The number of hydrogen-bond acceptors (Lipinski definition) is 7. The summed E-state index contributed by atoms with van der Waals surface area (Å²) in [5.74, 6) is 0.418. The largest absolute Gasteiger partial charge is 0.411 e. The Balaban J connectivity index is 1.68. The molecule has 1 fully saturated rings. The smallest absolute Gasteiger partial charge is 0.193 e. The first-order valence-corrected chi connectivity index (χ1v) is 25.3. The molecule has 0 unspecified atom stereocenters. The fraction of sp³-hybridized carbons (Fsp3) is 0.762. The summed E-state index contributed by atoms with van der Waals surface area (Å²) in [6.07, 6.45) is 18.8. The average Bonchev–Trinajstić information content (AvgIpc) is 3.77. The highest BCUT2D eigenvalue weighted by Gasteiger charge is 2.51. The van der Waals surface area contributed by atoms with Crippen LogP contribution in [0.2, 0.25) is 36.3 Å². The number of hydrogen-bond donors (Lipinski definition) is 2. The van der Waals surface area contributed by atoms with Gasteiger partial charge >= 0.3 is 0 Å². The van der Waals surface area contributed by atoms with Gasteiger partial charge in [-0.2, -0.15) is 0 Å². The van der Waals surface area contributed by atoms with Crippen LogP contribution in [0.25, 0.3) is 0 Å². The van der Waals surface area contributed by atoms with Crippen molar-refractivity contribution in [1.82, 2.24) is 0 Å². The van der Waals surface area contributed by atoms with Gasteiger partial charge in [0.1, 0.15) is 6.10 Å². The molecule has 0 spiro atoms. The quantitative estimate of drug-likeness (QED) is 0.0773. The third-order valence-electron chi connectivity index (χ3n) is 11.7. The Morgan fingerprint density at radius 3 is 2.29 bits per heavy atom. The van der Waals surface area contributed by atoms with Crippen LogP contribution < -0.4 is 0 Å². The lowest BCUT2D eigenvalue weighted by molar-refractivity contribution is -0.00436. The van der Waals surface area contributed by atoms with Crippen LogP contribution in [0, 0.1) is 5.92 Å². The van der Waals surface area contributed by atoms with E-state index in [-0.39, 0.29) is 53.3 Å². The highest BCUT2D eigenvalue weighted by Crippen LogP contribution is 2.43. The van der Waals surface area contributed by atoms with Crippen molar-refractivity contribution in [2.24, 2.45) is 5.92 Å². The van der Waals surface area contributed by atoms with E-state index in [1.165, 1.54) is 11.1 Å². The SMILES string of the molecule is C=C(C[C@H](C)C[C@@H]1CC=C[C@@H](C/C=C\CO)O1)C[C@H](O[Si](C)(C)C(C)(C)C)[C@@H]1O[C@H]1C[C@@H](O)[C@H](/C=C/[C@@H]1CC(C)=CCO1)O[Si](C)(C)C(C)(C)C. The van der Waals surface area contributed by atoms with Crippen molar-refractivity contribution in [2.45, 2.75) is 185 Å². The van der Waals surface area contributed by atoms with Crippen molar-refractivity contribution in [3.63, 3.8) is 0 Å². The predicted octanol–water partition coefficient (Wildman–Crippen LogP) is 9.59. The predicted molar refractivity (Wildman–Crippen MR) is 216 cm³/mol. The third-order valence-corrected chi connectivity index (χ3v) is 20.6. The Hall–Kier alpha value is -1.15. The second-order valence-corrected chi connectivity index (χ2v) is 28.1. The first-order valence-electron chi connectivity index (χ1n) is 19.5. The molecule has 292 valence electrons. The van der Waals surface area contributed by atoms with Crippen LogP contribution >= 0.6 is 0 Å². The maximum absolute atomic E-state index is 11.8. The molecule has 0 amide bonds. The van der Waals surface area contributed by atoms with Crippen LogP contribution in [0.3, 0.4) is 0 Å². The second kappa shape index (κ2) is 18.9. The topological polar surface area (TPSA) is 89.9 Å². The first kappa shape index (κ1) is 44.3. The first-order chi connectivity index (χ1) is 23.6. The van der Waals surface area contributed by atoms with Gasteiger partial charge in [-0.3, -0.25) is 0 Å². The fourth-order valence-corrected chi connectivity index (χ4v) is 9.03. The van der Waals surface area contributed by atoms with Crippen LogP contribution in [-0.2, 0) is 23.1 Å². The third kappa shape index (κ3) is 14.2. The van der Waals surface area contributed by atoms with Gasteiger partial charge in [-0.05, 0) is 87.6 Å². The Labute approximate surface area is 313 Å². The van der Waals surface area contributed by atoms with Gasteiger partial charge in [0.05, 0.1) is 55.9 Å². The van der Waals surface area contributed by atoms with E-state index in [9.17, 15) is 5.11 Å². The lowest BCUT2D eigenvalue weighted by Gasteiger charge is -2.40. The van der Waals surface area contributed by atoms with E-state index in [0.29, 0.717) is 18.9 Å². The monoisotopic (exact) mass is 746 g/mol. The molecule has 3 aliphatic heterocycles. The van der Waals surface area contributed by atoms with Crippen LogP contribution in [0.5, 0.6) is 0 Å². The van der Waals surface area contributed by atoms with E-state index in [1.807, 2.05) is 12.2 Å². The highest BCUT2D eigenvalue weighted by atomic mass is 28.4. The Morgan fingerprint density at radius 2 is 1.67 bits per heavy atom. The molecular weight excluding hydrogens is 673 g/mol. The average molecular weight is 747 g/mol. The van der Waals surface area contributed by atoms with E-state index < -0.39 is 28.8 Å².